The van der Waals surface area contributed by atoms with Crippen LogP contribution in [0.15, 0.2) is 77.6 Å². The number of carbonyl (C=O) groups is 2. The third kappa shape index (κ3) is 4.62. The van der Waals surface area contributed by atoms with Crippen molar-refractivity contribution < 1.29 is 14.3 Å². The molecule has 2 aromatic carbocycles. The number of thiocarbonyl (C=S) groups is 1. The lowest BCUT2D eigenvalue weighted by Crippen LogP contribution is -2.54. The zero-order valence-corrected chi connectivity index (χ0v) is 17.9. The van der Waals surface area contributed by atoms with Gasteiger partial charge >= 0.3 is 0 Å². The van der Waals surface area contributed by atoms with Gasteiger partial charge in [0.1, 0.15) is 17.1 Å². The van der Waals surface area contributed by atoms with Gasteiger partial charge in [-0.3, -0.25) is 19.8 Å². The molecule has 1 aromatic heterocycles. The third-order valence-corrected chi connectivity index (χ3v) is 5.15. The fourth-order valence-corrected chi connectivity index (χ4v) is 3.50. The predicted molar refractivity (Wildman–Crippen MR) is 123 cm³/mol. The number of benzene rings is 2. The van der Waals surface area contributed by atoms with Crippen molar-refractivity contribution in [3.8, 4) is 11.5 Å². The molecule has 1 N–H and O–H groups in total. The summed E-state index contributed by atoms with van der Waals surface area (Å²) in [4.78, 5) is 35.2. The van der Waals surface area contributed by atoms with E-state index in [-0.39, 0.29) is 10.7 Å². The van der Waals surface area contributed by atoms with E-state index in [9.17, 15) is 9.59 Å². The van der Waals surface area contributed by atoms with Gasteiger partial charge in [-0.15, -0.1) is 0 Å². The van der Waals surface area contributed by atoms with Crippen molar-refractivity contribution in [3.05, 3.63) is 78.1 Å². The minimum absolute atomic E-state index is 0.0105. The number of ether oxygens (including phenoxy) is 1. The van der Waals surface area contributed by atoms with E-state index >= 15 is 0 Å². The smallest absolute Gasteiger partial charge is 0.270 e. The summed E-state index contributed by atoms with van der Waals surface area (Å²) in [5.74, 6) is 0.205. The van der Waals surface area contributed by atoms with Crippen molar-refractivity contribution in [2.75, 3.05) is 11.2 Å². The Bertz CT molecular complexity index is 1180. The first-order valence-corrected chi connectivity index (χ1v) is 10.8. The standard InChI is InChI=1S/C22H16N4O3S2/c1-31-21-23-12-11-14(24-21)13-18-19(27)25-22(30)26(20(18)28)15-7-9-17(10-8-15)29-16-5-3-2-4-6-16/h2-13H,1H3,(H,25,27,30)/b18-13+. The molecule has 0 saturated carbocycles. The van der Waals surface area contributed by atoms with E-state index in [0.717, 1.165) is 0 Å². The van der Waals surface area contributed by atoms with Gasteiger partial charge in [0.15, 0.2) is 10.3 Å². The number of amides is 2. The summed E-state index contributed by atoms with van der Waals surface area (Å²) >= 11 is 6.61. The number of rotatable bonds is 5. The average Bonchev–Trinajstić information content (AvgIpc) is 2.78. The minimum Gasteiger partial charge on any atom is -0.457 e. The zero-order chi connectivity index (χ0) is 21.8. The van der Waals surface area contributed by atoms with Crippen LogP contribution in [0.5, 0.6) is 11.5 Å². The fourth-order valence-electron chi connectivity index (χ4n) is 2.86. The molecule has 1 aliphatic heterocycles. The van der Waals surface area contributed by atoms with Crippen molar-refractivity contribution in [1.29, 1.82) is 0 Å². The maximum absolute atomic E-state index is 13.1. The first-order valence-electron chi connectivity index (χ1n) is 9.16. The van der Waals surface area contributed by atoms with Gasteiger partial charge in [-0.1, -0.05) is 30.0 Å². The van der Waals surface area contributed by atoms with Gasteiger partial charge in [0, 0.05) is 6.20 Å². The van der Waals surface area contributed by atoms with Crippen molar-refractivity contribution >= 4 is 52.7 Å². The molecule has 0 spiro atoms. The second-order valence-corrected chi connectivity index (χ2v) is 7.50. The highest BCUT2D eigenvalue weighted by Crippen LogP contribution is 2.27. The molecule has 1 fully saturated rings. The van der Waals surface area contributed by atoms with E-state index < -0.39 is 11.8 Å². The van der Waals surface area contributed by atoms with Crippen LogP contribution in [-0.2, 0) is 9.59 Å². The lowest BCUT2D eigenvalue weighted by Gasteiger charge is -2.29. The van der Waals surface area contributed by atoms with Crippen molar-refractivity contribution in [2.45, 2.75) is 5.16 Å². The third-order valence-electron chi connectivity index (χ3n) is 4.31. The van der Waals surface area contributed by atoms with E-state index in [2.05, 4.69) is 15.3 Å². The van der Waals surface area contributed by atoms with Crippen molar-refractivity contribution in [1.82, 2.24) is 15.3 Å². The van der Waals surface area contributed by atoms with E-state index in [1.54, 1.807) is 36.5 Å². The number of nitrogens with one attached hydrogen (secondary N) is 1. The maximum atomic E-state index is 13.1. The van der Waals surface area contributed by atoms with E-state index in [0.29, 0.717) is 28.0 Å². The molecule has 0 aliphatic carbocycles. The Labute approximate surface area is 188 Å². The van der Waals surface area contributed by atoms with Crippen LogP contribution in [0.4, 0.5) is 5.69 Å². The maximum Gasteiger partial charge on any atom is 0.270 e. The molecule has 9 heteroatoms. The van der Waals surface area contributed by atoms with Gasteiger partial charge in [-0.2, -0.15) is 0 Å². The van der Waals surface area contributed by atoms with Crippen LogP contribution in [0.3, 0.4) is 0 Å². The second kappa shape index (κ2) is 9.07. The van der Waals surface area contributed by atoms with Crippen molar-refractivity contribution in [3.63, 3.8) is 0 Å². The minimum atomic E-state index is -0.570. The predicted octanol–water partition coefficient (Wildman–Crippen LogP) is 3.82. The van der Waals surface area contributed by atoms with E-state index in [4.69, 9.17) is 17.0 Å². The number of anilines is 1. The van der Waals surface area contributed by atoms with Crippen LogP contribution in [0, 0.1) is 0 Å². The molecule has 0 radical (unpaired) electrons. The molecular weight excluding hydrogens is 432 g/mol. The number of hydrogen-bond donors (Lipinski definition) is 1. The summed E-state index contributed by atoms with van der Waals surface area (Å²) in [6.07, 6.45) is 4.85. The summed E-state index contributed by atoms with van der Waals surface area (Å²) < 4.78 is 5.78. The Kier molecular flexibility index (Phi) is 6.06. The highest BCUT2D eigenvalue weighted by molar-refractivity contribution is 7.98. The first-order chi connectivity index (χ1) is 15.0. The summed E-state index contributed by atoms with van der Waals surface area (Å²) in [5.41, 5.74) is 0.898. The van der Waals surface area contributed by atoms with Crippen LogP contribution < -0.4 is 15.0 Å². The molecule has 4 rings (SSSR count). The highest BCUT2D eigenvalue weighted by atomic mass is 32.2. The highest BCUT2D eigenvalue weighted by Gasteiger charge is 2.34. The molecule has 0 unspecified atom stereocenters. The molecule has 2 amide bonds. The first kappa shape index (κ1) is 20.7. The Balaban J connectivity index is 1.60. The number of para-hydroxylation sites is 1. The summed E-state index contributed by atoms with van der Waals surface area (Å²) in [6, 6.07) is 17.8. The van der Waals surface area contributed by atoms with E-state index in [1.807, 2.05) is 36.6 Å². The quantitative estimate of drug-likeness (QED) is 0.209. The van der Waals surface area contributed by atoms with Crippen LogP contribution in [0.25, 0.3) is 6.08 Å². The number of carbonyl (C=O) groups excluding carboxylic acids is 2. The number of thioether (sulfide) groups is 1. The van der Waals surface area contributed by atoms with Gasteiger partial charge < -0.3 is 4.74 Å². The monoisotopic (exact) mass is 448 g/mol. The largest absolute Gasteiger partial charge is 0.457 e. The molecule has 1 aliphatic rings. The van der Waals surface area contributed by atoms with Gasteiger partial charge in [-0.05, 0) is 67.0 Å². The molecule has 0 bridgehead atoms. The number of aromatic nitrogens is 2. The van der Waals surface area contributed by atoms with Crippen LogP contribution >= 0.6 is 24.0 Å². The number of hydrogen-bond acceptors (Lipinski definition) is 7. The van der Waals surface area contributed by atoms with Gasteiger partial charge in [0.25, 0.3) is 11.8 Å². The molecule has 1 saturated heterocycles. The zero-order valence-electron chi connectivity index (χ0n) is 16.3. The Morgan fingerprint density at radius 3 is 2.45 bits per heavy atom. The molecule has 3 aromatic rings. The SMILES string of the molecule is CSc1nccc(/C=C2\C(=O)NC(=S)N(c3ccc(Oc4ccccc4)cc3)C2=O)n1. The summed E-state index contributed by atoms with van der Waals surface area (Å²) in [7, 11) is 0. The fraction of sp³-hybridized carbons (Fsp3) is 0.0455. The topological polar surface area (TPSA) is 84.4 Å². The molecule has 31 heavy (non-hydrogen) atoms. The lowest BCUT2D eigenvalue weighted by atomic mass is 10.1. The Morgan fingerprint density at radius 1 is 1.03 bits per heavy atom. The summed E-state index contributed by atoms with van der Waals surface area (Å²) in [5, 5.41) is 3.11. The number of nitrogens with zero attached hydrogens (tertiary/aromatic N) is 3. The average molecular weight is 449 g/mol. The Morgan fingerprint density at radius 2 is 1.74 bits per heavy atom. The van der Waals surface area contributed by atoms with Gasteiger partial charge in [-0.25, -0.2) is 9.97 Å². The molecule has 154 valence electrons. The van der Waals surface area contributed by atoms with Crippen LogP contribution in [0.2, 0.25) is 0 Å². The van der Waals surface area contributed by atoms with Crippen LogP contribution in [-0.4, -0.2) is 33.2 Å². The van der Waals surface area contributed by atoms with Gasteiger partial charge in [0.05, 0.1) is 11.4 Å². The van der Waals surface area contributed by atoms with E-state index in [1.165, 1.54) is 22.7 Å². The molecule has 7 nitrogen and oxygen atoms in total. The molecule has 2 heterocycles. The second-order valence-electron chi connectivity index (χ2n) is 6.34. The Hall–Kier alpha value is -3.56. The normalized spacial score (nSPS) is 15.2. The molecule has 0 atom stereocenters. The van der Waals surface area contributed by atoms with Crippen molar-refractivity contribution in [2.24, 2.45) is 0 Å². The molecular formula is C22H16N4O3S2. The summed E-state index contributed by atoms with van der Waals surface area (Å²) in [6.45, 7) is 0. The lowest BCUT2D eigenvalue weighted by molar-refractivity contribution is -0.122. The van der Waals surface area contributed by atoms with Crippen LogP contribution in [0.1, 0.15) is 5.69 Å². The van der Waals surface area contributed by atoms with Gasteiger partial charge in [0.2, 0.25) is 0 Å².